The molecule has 1 aliphatic rings. The number of carboxylic acid groups (broad SMARTS) is 1. The number of benzene rings is 1. The molecule has 1 heterocycles. The van der Waals surface area contributed by atoms with Gasteiger partial charge in [0.1, 0.15) is 5.82 Å². The first-order valence-corrected chi connectivity index (χ1v) is 8.73. The zero-order chi connectivity index (χ0) is 17.8. The zero-order valence-corrected chi connectivity index (χ0v) is 14.4. The molecule has 3 rings (SSSR count). The summed E-state index contributed by atoms with van der Waals surface area (Å²) in [6.45, 7) is 3.13. The van der Waals surface area contributed by atoms with Crippen molar-refractivity contribution in [2.24, 2.45) is 5.92 Å². The number of nitrogens with zero attached hydrogens (tertiary/aromatic N) is 2. The van der Waals surface area contributed by atoms with E-state index in [-0.39, 0.29) is 18.0 Å². The van der Waals surface area contributed by atoms with E-state index in [1.54, 1.807) is 0 Å². The van der Waals surface area contributed by atoms with Crippen LogP contribution in [-0.2, 0) is 11.3 Å². The van der Waals surface area contributed by atoms with Crippen LogP contribution in [0.3, 0.4) is 0 Å². The minimum absolute atomic E-state index is 0.0615. The molecule has 1 aromatic heterocycles. The lowest BCUT2D eigenvalue weighted by Gasteiger charge is -2.26. The summed E-state index contributed by atoms with van der Waals surface area (Å²) < 4.78 is 2.09. The number of carbonyl (C=O) groups is 2. The number of hydrogen-bond acceptors (Lipinski definition) is 3. The third kappa shape index (κ3) is 4.10. The molecule has 1 aromatic carbocycles. The number of para-hydroxylation sites is 2. The monoisotopic (exact) mass is 344 g/mol. The van der Waals surface area contributed by atoms with Gasteiger partial charge in [-0.05, 0) is 44.7 Å². The predicted molar refractivity (Wildman–Crippen MR) is 94.4 cm³/mol. The molecule has 1 fully saturated rings. The number of hydrogen-bond donors (Lipinski definition) is 3. The van der Waals surface area contributed by atoms with Crippen molar-refractivity contribution in [3.05, 3.63) is 30.1 Å². The Labute approximate surface area is 146 Å². The van der Waals surface area contributed by atoms with Crippen LogP contribution in [0.2, 0.25) is 0 Å². The maximum absolute atomic E-state index is 12.0. The maximum Gasteiger partial charge on any atom is 0.315 e. The van der Waals surface area contributed by atoms with Gasteiger partial charge in [-0.15, -0.1) is 0 Å². The van der Waals surface area contributed by atoms with Gasteiger partial charge in [-0.2, -0.15) is 0 Å². The number of carbonyl (C=O) groups excluding carboxylic acids is 1. The Kier molecular flexibility index (Phi) is 5.21. The average Bonchev–Trinajstić information content (AvgIpc) is 2.91. The molecule has 0 bridgehead atoms. The van der Waals surface area contributed by atoms with Crippen LogP contribution in [-0.4, -0.2) is 39.2 Å². The zero-order valence-electron chi connectivity index (χ0n) is 14.4. The van der Waals surface area contributed by atoms with Gasteiger partial charge in [0, 0.05) is 19.1 Å². The second-order valence-corrected chi connectivity index (χ2v) is 6.59. The fourth-order valence-electron chi connectivity index (χ4n) is 3.48. The summed E-state index contributed by atoms with van der Waals surface area (Å²) in [5, 5.41) is 14.8. The van der Waals surface area contributed by atoms with E-state index in [9.17, 15) is 9.59 Å². The van der Waals surface area contributed by atoms with E-state index < -0.39 is 5.97 Å². The molecule has 0 spiro atoms. The highest BCUT2D eigenvalue weighted by molar-refractivity contribution is 5.76. The van der Waals surface area contributed by atoms with Gasteiger partial charge in [0.25, 0.3) is 0 Å². The highest BCUT2D eigenvalue weighted by Crippen LogP contribution is 2.24. The van der Waals surface area contributed by atoms with Crippen molar-refractivity contribution >= 4 is 23.0 Å². The van der Waals surface area contributed by atoms with E-state index in [2.05, 4.69) is 20.2 Å². The van der Waals surface area contributed by atoms with Gasteiger partial charge in [-0.25, -0.2) is 9.78 Å². The molecule has 1 saturated carbocycles. The molecule has 0 atom stereocenters. The second kappa shape index (κ2) is 7.55. The lowest BCUT2D eigenvalue weighted by molar-refractivity contribution is -0.142. The molecule has 7 heteroatoms. The highest BCUT2D eigenvalue weighted by Gasteiger charge is 2.26. The topological polar surface area (TPSA) is 96.3 Å². The summed E-state index contributed by atoms with van der Waals surface area (Å²) in [7, 11) is 0. The molecule has 0 aliphatic heterocycles. The Bertz CT molecular complexity index is 763. The maximum atomic E-state index is 12.0. The molecule has 2 aromatic rings. The molecule has 0 saturated heterocycles. The average molecular weight is 344 g/mol. The summed E-state index contributed by atoms with van der Waals surface area (Å²) in [6, 6.07) is 7.81. The van der Waals surface area contributed by atoms with Crippen LogP contribution in [0.15, 0.2) is 24.3 Å². The van der Waals surface area contributed by atoms with Crippen molar-refractivity contribution in [2.45, 2.75) is 45.2 Å². The van der Waals surface area contributed by atoms with Gasteiger partial charge in [0.05, 0.1) is 17.0 Å². The first kappa shape index (κ1) is 17.3. The lowest BCUT2D eigenvalue weighted by atomic mass is 9.86. The van der Waals surface area contributed by atoms with Crippen LogP contribution >= 0.6 is 0 Å². The summed E-state index contributed by atoms with van der Waals surface area (Å²) in [5.74, 6) is -0.0696. The van der Waals surface area contributed by atoms with Crippen molar-refractivity contribution < 1.29 is 14.7 Å². The minimum Gasteiger partial charge on any atom is -0.481 e. The summed E-state index contributed by atoms with van der Waals surface area (Å²) >= 11 is 0. The van der Waals surface area contributed by atoms with Crippen LogP contribution < -0.4 is 10.6 Å². The number of aromatic nitrogens is 2. The third-order valence-corrected chi connectivity index (χ3v) is 4.88. The largest absolute Gasteiger partial charge is 0.481 e. The molecule has 3 N–H and O–H groups in total. The Morgan fingerprint density at radius 3 is 2.68 bits per heavy atom. The van der Waals surface area contributed by atoms with E-state index in [0.717, 1.165) is 29.7 Å². The molecule has 0 unspecified atom stereocenters. The Balaban J connectivity index is 1.45. The van der Waals surface area contributed by atoms with Gasteiger partial charge in [-0.3, -0.25) is 4.79 Å². The molecule has 25 heavy (non-hydrogen) atoms. The molecular weight excluding hydrogens is 320 g/mol. The Morgan fingerprint density at radius 2 is 1.96 bits per heavy atom. The lowest BCUT2D eigenvalue weighted by Crippen LogP contribution is -2.44. The summed E-state index contributed by atoms with van der Waals surface area (Å²) in [6.07, 6.45) is 2.69. The van der Waals surface area contributed by atoms with Crippen LogP contribution in [0.25, 0.3) is 11.0 Å². The van der Waals surface area contributed by atoms with Crippen LogP contribution in [0.4, 0.5) is 4.79 Å². The van der Waals surface area contributed by atoms with Crippen molar-refractivity contribution in [1.82, 2.24) is 20.2 Å². The molecule has 1 aliphatic carbocycles. The number of nitrogens with one attached hydrogen (secondary N) is 2. The van der Waals surface area contributed by atoms with Gasteiger partial charge in [-0.1, -0.05) is 12.1 Å². The van der Waals surface area contributed by atoms with Crippen molar-refractivity contribution in [2.75, 3.05) is 6.54 Å². The highest BCUT2D eigenvalue weighted by atomic mass is 16.4. The molecule has 134 valence electrons. The smallest absolute Gasteiger partial charge is 0.315 e. The van der Waals surface area contributed by atoms with E-state index in [0.29, 0.717) is 25.9 Å². The van der Waals surface area contributed by atoms with Gasteiger partial charge in [0.15, 0.2) is 0 Å². The number of urea groups is 1. The fraction of sp³-hybridized carbons (Fsp3) is 0.500. The van der Waals surface area contributed by atoms with E-state index in [4.69, 9.17) is 5.11 Å². The summed E-state index contributed by atoms with van der Waals surface area (Å²) in [5.41, 5.74) is 2.02. The summed E-state index contributed by atoms with van der Waals surface area (Å²) in [4.78, 5) is 27.5. The Hall–Kier alpha value is -2.57. The Morgan fingerprint density at radius 1 is 1.24 bits per heavy atom. The van der Waals surface area contributed by atoms with E-state index >= 15 is 0 Å². The van der Waals surface area contributed by atoms with Crippen LogP contribution in [0.1, 0.15) is 31.5 Å². The van der Waals surface area contributed by atoms with Crippen LogP contribution in [0.5, 0.6) is 0 Å². The van der Waals surface area contributed by atoms with Gasteiger partial charge >= 0.3 is 12.0 Å². The number of rotatable bonds is 5. The third-order valence-electron chi connectivity index (χ3n) is 4.88. The first-order valence-electron chi connectivity index (χ1n) is 8.73. The fourth-order valence-corrected chi connectivity index (χ4v) is 3.48. The first-order chi connectivity index (χ1) is 12.0. The molecule has 0 radical (unpaired) electrons. The normalized spacial score (nSPS) is 20.4. The predicted octanol–water partition coefficient (Wildman–Crippen LogP) is 2.29. The van der Waals surface area contributed by atoms with Crippen molar-refractivity contribution in [1.29, 1.82) is 0 Å². The number of carboxylic acids is 1. The van der Waals surface area contributed by atoms with E-state index in [1.807, 2.05) is 31.2 Å². The number of amides is 2. The van der Waals surface area contributed by atoms with Gasteiger partial charge < -0.3 is 20.3 Å². The SMILES string of the molecule is Cc1nc2ccccc2n1CCNC(=O)NC1CCC(C(=O)O)CC1. The minimum atomic E-state index is -0.731. The van der Waals surface area contributed by atoms with Crippen LogP contribution in [0, 0.1) is 12.8 Å². The molecule has 2 amide bonds. The van der Waals surface area contributed by atoms with Crippen molar-refractivity contribution in [3.63, 3.8) is 0 Å². The molecular formula is C18H24N4O3. The quantitative estimate of drug-likeness (QED) is 0.775. The van der Waals surface area contributed by atoms with Crippen molar-refractivity contribution in [3.8, 4) is 0 Å². The second-order valence-electron chi connectivity index (χ2n) is 6.59. The standard InChI is InChI=1S/C18H24N4O3/c1-12-20-15-4-2-3-5-16(15)22(12)11-10-19-18(25)21-14-8-6-13(7-9-14)17(23)24/h2-5,13-14H,6-11H2,1H3,(H,23,24)(H2,19,21,25). The van der Waals surface area contributed by atoms with E-state index in [1.165, 1.54) is 0 Å². The van der Waals surface area contributed by atoms with Gasteiger partial charge in [0.2, 0.25) is 0 Å². The number of fused-ring (bicyclic) bond motifs is 1. The number of aliphatic carboxylic acids is 1. The number of imidazole rings is 1. The number of aryl methyl sites for hydroxylation is 1. The molecule has 7 nitrogen and oxygen atoms in total.